The lowest BCUT2D eigenvalue weighted by atomic mass is 9.47. The number of esters is 1. The molecule has 0 aromatic heterocycles. The number of ether oxygens (including phenoxy) is 3. The number of hydrogen-bond acceptors (Lipinski definition) is 6. The third-order valence-electron chi connectivity index (χ3n) is 18.0. The van der Waals surface area contributed by atoms with Gasteiger partial charge in [-0.15, -0.1) is 0 Å². The van der Waals surface area contributed by atoms with Gasteiger partial charge >= 0.3 is 5.97 Å². The highest BCUT2D eigenvalue weighted by Gasteiger charge is 2.59. The minimum absolute atomic E-state index is 0.0185. The van der Waals surface area contributed by atoms with Crippen molar-refractivity contribution >= 4 is 17.5 Å². The van der Waals surface area contributed by atoms with Crippen LogP contribution in [0.4, 0.5) is 0 Å². The third kappa shape index (κ3) is 8.30. The maximum atomic E-state index is 14.5. The molecule has 5 aliphatic rings. The van der Waals surface area contributed by atoms with E-state index in [0.717, 1.165) is 107 Å². The van der Waals surface area contributed by atoms with Crippen molar-refractivity contribution in [3.8, 4) is 5.75 Å². The van der Waals surface area contributed by atoms with E-state index in [1.165, 1.54) is 22.3 Å². The highest BCUT2D eigenvalue weighted by atomic mass is 16.8. The Bertz CT molecular complexity index is 2080. The number of Topliss-reactive ketones (excluding diaryl/α,β-unsaturated/α-hetero) is 2. The van der Waals surface area contributed by atoms with Gasteiger partial charge in [-0.05, 0) is 144 Å². The first-order chi connectivity index (χ1) is 29.4. The Morgan fingerprint density at radius 3 is 1.56 bits per heavy atom. The number of fused-ring (bicyclic) bond motifs is 6. The van der Waals surface area contributed by atoms with Crippen molar-refractivity contribution in [2.75, 3.05) is 6.79 Å². The molecule has 2 aromatic carbocycles. The van der Waals surface area contributed by atoms with Crippen LogP contribution in [0.5, 0.6) is 5.75 Å². The fraction of sp³-hybridized carbons (Fsp3) is 0.737. The van der Waals surface area contributed by atoms with Gasteiger partial charge in [-0.3, -0.25) is 9.59 Å². The average molecular weight is 865 g/mol. The first-order valence-electron chi connectivity index (χ1n) is 25.4. The van der Waals surface area contributed by atoms with Gasteiger partial charge in [0.1, 0.15) is 17.3 Å². The number of aryl methyl sites for hydroxylation is 2. The van der Waals surface area contributed by atoms with Crippen molar-refractivity contribution in [3.05, 3.63) is 63.2 Å². The summed E-state index contributed by atoms with van der Waals surface area (Å²) in [6.45, 7) is 31.0. The third-order valence-corrected chi connectivity index (χ3v) is 18.0. The Balaban J connectivity index is 1.11. The van der Waals surface area contributed by atoms with Crippen molar-refractivity contribution in [2.45, 2.75) is 228 Å². The van der Waals surface area contributed by atoms with E-state index in [4.69, 9.17) is 14.2 Å². The van der Waals surface area contributed by atoms with Crippen LogP contribution in [0.2, 0.25) is 0 Å². The number of benzene rings is 2. The number of carbonyl (C=O) groups is 3. The van der Waals surface area contributed by atoms with Crippen LogP contribution in [0.15, 0.2) is 24.3 Å². The fourth-order valence-electron chi connectivity index (χ4n) is 14.7. The summed E-state index contributed by atoms with van der Waals surface area (Å²) in [5.74, 6) is 1.20. The van der Waals surface area contributed by atoms with E-state index < -0.39 is 11.2 Å². The van der Waals surface area contributed by atoms with E-state index in [-0.39, 0.29) is 63.5 Å². The summed E-state index contributed by atoms with van der Waals surface area (Å²) in [6.07, 6.45) is 15.0. The van der Waals surface area contributed by atoms with Crippen LogP contribution in [0.3, 0.4) is 0 Å². The maximum Gasteiger partial charge on any atom is 0.340 e. The standard InChI is InChI=1S/C57H84O6/c1-15-23-51(7,8)49(59)55(13)27-17-25-53(11)43-33-42(40(36(3)4)31-38(43)19-21-46(53)55)48(58)63-57(29-30-57)62-35-61-45-34-44-39(32-41(45)37(5)6)20-22-47-54(44,12)26-18-28-56(47,14)50(60)52(9,10)24-16-2/h31-34,36-37,46-47H,15-30,35H2,1-14H3. The quantitative estimate of drug-likeness (QED) is 0.124. The molecule has 0 amide bonds. The van der Waals surface area contributed by atoms with E-state index in [1.54, 1.807) is 0 Å². The normalized spacial score (nSPS) is 29.9. The second-order valence-corrected chi connectivity index (χ2v) is 24.1. The molecular formula is C57H84O6. The largest absolute Gasteiger partial charge is 0.467 e. The molecule has 6 atom stereocenters. The van der Waals surface area contributed by atoms with Crippen molar-refractivity contribution in [2.24, 2.45) is 33.5 Å². The molecule has 0 N–H and O–H groups in total. The second kappa shape index (κ2) is 17.0. The van der Waals surface area contributed by atoms with E-state index in [9.17, 15) is 14.4 Å². The highest BCUT2D eigenvalue weighted by molar-refractivity contribution is 5.93. The zero-order chi connectivity index (χ0) is 46.1. The lowest BCUT2D eigenvalue weighted by Crippen LogP contribution is -2.55. The van der Waals surface area contributed by atoms with Gasteiger partial charge in [0.2, 0.25) is 5.79 Å². The van der Waals surface area contributed by atoms with Crippen LogP contribution in [0.1, 0.15) is 242 Å². The smallest absolute Gasteiger partial charge is 0.340 e. The minimum atomic E-state index is -1.02. The van der Waals surface area contributed by atoms with Gasteiger partial charge in [-0.25, -0.2) is 4.79 Å². The monoisotopic (exact) mass is 865 g/mol. The van der Waals surface area contributed by atoms with Crippen LogP contribution >= 0.6 is 0 Å². The molecule has 0 saturated heterocycles. The van der Waals surface area contributed by atoms with Crippen LogP contribution < -0.4 is 4.74 Å². The molecule has 7 rings (SSSR count). The summed E-state index contributed by atoms with van der Waals surface area (Å²) in [5, 5.41) is 0. The Hall–Kier alpha value is -2.99. The zero-order valence-electron chi connectivity index (χ0n) is 42.1. The summed E-state index contributed by atoms with van der Waals surface area (Å²) >= 11 is 0. The molecule has 6 heteroatoms. The molecule has 2 aromatic rings. The summed E-state index contributed by atoms with van der Waals surface area (Å²) in [5.41, 5.74) is 6.29. The zero-order valence-corrected chi connectivity index (χ0v) is 42.1. The van der Waals surface area contributed by atoms with Gasteiger partial charge < -0.3 is 14.2 Å². The summed E-state index contributed by atoms with van der Waals surface area (Å²) in [7, 11) is 0. The average Bonchev–Trinajstić information content (AvgIpc) is 3.98. The number of hydrogen-bond donors (Lipinski definition) is 0. The van der Waals surface area contributed by atoms with Crippen molar-refractivity contribution in [1.29, 1.82) is 0 Å². The first-order valence-corrected chi connectivity index (χ1v) is 25.4. The Morgan fingerprint density at radius 2 is 1.11 bits per heavy atom. The van der Waals surface area contributed by atoms with Crippen LogP contribution in [0, 0.1) is 33.5 Å². The minimum Gasteiger partial charge on any atom is -0.467 e. The summed E-state index contributed by atoms with van der Waals surface area (Å²) in [4.78, 5) is 43.4. The lowest BCUT2D eigenvalue weighted by Gasteiger charge is -2.56. The van der Waals surface area contributed by atoms with Crippen LogP contribution in [-0.4, -0.2) is 30.1 Å². The SMILES string of the molecule is CCCC(C)(C)C(=O)C1(C)CCCC2(C)c3cc(OCOC4(OC(=O)c5cc6c(cc5C(C)C)CCC5C(C)(C(=O)C(C)(C)CCC)CCCC65C)CC4)c(C(C)C)cc3CCC12. The molecule has 6 nitrogen and oxygen atoms in total. The Kier molecular flexibility index (Phi) is 13.0. The molecule has 3 saturated carbocycles. The van der Waals surface area contributed by atoms with Gasteiger partial charge in [0.15, 0.2) is 6.79 Å². The molecule has 0 spiro atoms. The highest BCUT2D eigenvalue weighted by Crippen LogP contribution is 2.62. The van der Waals surface area contributed by atoms with E-state index in [0.29, 0.717) is 30.0 Å². The van der Waals surface area contributed by atoms with Gasteiger partial charge in [-0.2, -0.15) is 0 Å². The predicted molar refractivity (Wildman–Crippen MR) is 255 cm³/mol. The van der Waals surface area contributed by atoms with Gasteiger partial charge in [0.25, 0.3) is 0 Å². The first kappa shape index (κ1) is 48.0. The van der Waals surface area contributed by atoms with Gasteiger partial charge in [-0.1, -0.05) is 135 Å². The van der Waals surface area contributed by atoms with Crippen LogP contribution in [0.25, 0.3) is 0 Å². The topological polar surface area (TPSA) is 78.9 Å². The van der Waals surface area contributed by atoms with E-state index >= 15 is 0 Å². The molecule has 0 radical (unpaired) electrons. The Morgan fingerprint density at radius 1 is 0.651 bits per heavy atom. The number of ketones is 2. The summed E-state index contributed by atoms with van der Waals surface area (Å²) < 4.78 is 19.5. The molecule has 0 heterocycles. The molecule has 0 aliphatic heterocycles. The van der Waals surface area contributed by atoms with Crippen molar-refractivity contribution < 1.29 is 28.6 Å². The fourth-order valence-corrected chi connectivity index (χ4v) is 14.7. The van der Waals surface area contributed by atoms with Crippen molar-refractivity contribution in [1.82, 2.24) is 0 Å². The molecule has 0 bridgehead atoms. The molecule has 3 fully saturated rings. The Labute approximate surface area is 382 Å². The molecule has 6 unspecified atom stereocenters. The summed E-state index contributed by atoms with van der Waals surface area (Å²) in [6, 6.07) is 9.08. The maximum absolute atomic E-state index is 14.5. The van der Waals surface area contributed by atoms with Crippen LogP contribution in [-0.2, 0) is 42.7 Å². The molecule has 63 heavy (non-hydrogen) atoms. The molecule has 348 valence electrons. The van der Waals surface area contributed by atoms with E-state index in [1.807, 2.05) is 0 Å². The van der Waals surface area contributed by atoms with E-state index in [2.05, 4.69) is 121 Å². The second-order valence-electron chi connectivity index (χ2n) is 24.1. The lowest BCUT2D eigenvalue weighted by molar-refractivity contribution is -0.168. The van der Waals surface area contributed by atoms with Crippen molar-refractivity contribution in [3.63, 3.8) is 0 Å². The molecular weight excluding hydrogens is 781 g/mol. The molecule has 5 aliphatic carbocycles. The number of carbonyl (C=O) groups excluding carboxylic acids is 3. The van der Waals surface area contributed by atoms with Gasteiger partial charge in [0.05, 0.1) is 5.56 Å². The van der Waals surface area contributed by atoms with Gasteiger partial charge in [0, 0.05) is 34.5 Å². The number of rotatable bonds is 16. The predicted octanol–water partition coefficient (Wildman–Crippen LogP) is 14.4.